The van der Waals surface area contributed by atoms with E-state index in [1.807, 2.05) is 30.3 Å². The predicted molar refractivity (Wildman–Crippen MR) is 70.9 cm³/mol. The van der Waals surface area contributed by atoms with Crippen molar-refractivity contribution >= 4 is 0 Å². The Labute approximate surface area is 111 Å². The van der Waals surface area contributed by atoms with Gasteiger partial charge in [0, 0.05) is 7.05 Å². The van der Waals surface area contributed by atoms with E-state index < -0.39 is 0 Å². The van der Waals surface area contributed by atoms with Crippen LogP contribution in [0.5, 0.6) is 5.75 Å². The third-order valence-electron chi connectivity index (χ3n) is 2.92. The molecule has 0 bridgehead atoms. The second-order valence-corrected chi connectivity index (χ2v) is 4.23. The van der Waals surface area contributed by atoms with Crippen LogP contribution in [0.2, 0.25) is 0 Å². The fraction of sp³-hybridized carbons (Fsp3) is 0.286. The smallest absolute Gasteiger partial charge is 0.296 e. The molecule has 5 heteroatoms. The van der Waals surface area contributed by atoms with Gasteiger partial charge in [-0.3, -0.25) is 9.36 Å². The molecule has 0 saturated heterocycles. The summed E-state index contributed by atoms with van der Waals surface area (Å²) in [6.07, 6.45) is 0. The Bertz CT molecular complexity index is 621. The van der Waals surface area contributed by atoms with E-state index in [0.29, 0.717) is 5.82 Å². The number of nitrogens with zero attached hydrogens (tertiary/aromatic N) is 2. The van der Waals surface area contributed by atoms with Gasteiger partial charge in [0.1, 0.15) is 18.1 Å². The Hall–Kier alpha value is -2.14. The summed E-state index contributed by atoms with van der Waals surface area (Å²) in [5.74, 6) is 0.653. The normalized spacial score (nSPS) is 10.5. The number of benzene rings is 1. The van der Waals surface area contributed by atoms with E-state index in [-0.39, 0.29) is 30.2 Å². The fourth-order valence-electron chi connectivity index (χ4n) is 1.73. The lowest BCUT2D eigenvalue weighted by molar-refractivity contribution is 0.248. The van der Waals surface area contributed by atoms with Crippen molar-refractivity contribution in [1.29, 1.82) is 0 Å². The summed E-state index contributed by atoms with van der Waals surface area (Å²) >= 11 is 0. The molecule has 1 heterocycles. The maximum absolute atomic E-state index is 12.1. The van der Waals surface area contributed by atoms with Crippen molar-refractivity contribution in [2.24, 2.45) is 7.05 Å². The van der Waals surface area contributed by atoms with Gasteiger partial charge < -0.3 is 9.84 Å². The van der Waals surface area contributed by atoms with Crippen LogP contribution in [0.25, 0.3) is 0 Å². The monoisotopic (exact) mass is 260 g/mol. The summed E-state index contributed by atoms with van der Waals surface area (Å²) in [5.41, 5.74) is 0.943. The number of ether oxygens (including phenoxy) is 1. The number of aromatic nitrogens is 2. The highest BCUT2D eigenvalue weighted by atomic mass is 16.5. The van der Waals surface area contributed by atoms with Gasteiger partial charge in [-0.1, -0.05) is 30.3 Å². The van der Waals surface area contributed by atoms with Crippen molar-refractivity contribution in [3.8, 4) is 5.75 Å². The molecule has 0 aliphatic heterocycles. The highest BCUT2D eigenvalue weighted by Gasteiger charge is 2.13. The highest BCUT2D eigenvalue weighted by Crippen LogP contribution is 2.13. The molecule has 1 aromatic carbocycles. The molecule has 0 saturated carbocycles. The lowest BCUT2D eigenvalue weighted by Crippen LogP contribution is -2.24. The molecule has 19 heavy (non-hydrogen) atoms. The molecule has 0 aliphatic carbocycles. The molecular formula is C14H16N2O3. The first-order chi connectivity index (χ1) is 9.13. The Balaban J connectivity index is 2.30. The van der Waals surface area contributed by atoms with Gasteiger partial charge in [0.05, 0.1) is 6.61 Å². The minimum Gasteiger partial charge on any atom is -0.482 e. The number of aryl methyl sites for hydroxylation is 1. The van der Waals surface area contributed by atoms with E-state index >= 15 is 0 Å². The van der Waals surface area contributed by atoms with E-state index in [0.717, 1.165) is 5.56 Å². The molecule has 1 N–H and O–H groups in total. The van der Waals surface area contributed by atoms with Gasteiger partial charge in [-0.15, -0.1) is 0 Å². The quantitative estimate of drug-likeness (QED) is 0.896. The molecule has 2 rings (SSSR count). The van der Waals surface area contributed by atoms with Gasteiger partial charge in [0.15, 0.2) is 0 Å². The SMILES string of the molecule is Cc1nc(CO)c(OCc2ccccc2)c(=O)n1C. The van der Waals surface area contributed by atoms with Crippen molar-refractivity contribution in [1.82, 2.24) is 9.55 Å². The summed E-state index contributed by atoms with van der Waals surface area (Å²) in [6.45, 7) is 1.66. The summed E-state index contributed by atoms with van der Waals surface area (Å²) in [5, 5.41) is 9.26. The third-order valence-corrected chi connectivity index (χ3v) is 2.92. The summed E-state index contributed by atoms with van der Waals surface area (Å²) < 4.78 is 6.93. The fourth-order valence-corrected chi connectivity index (χ4v) is 1.73. The van der Waals surface area contributed by atoms with Crippen LogP contribution < -0.4 is 10.3 Å². The Morgan fingerprint density at radius 1 is 1.32 bits per heavy atom. The van der Waals surface area contributed by atoms with Crippen molar-refractivity contribution in [3.63, 3.8) is 0 Å². The summed E-state index contributed by atoms with van der Waals surface area (Å²) in [6, 6.07) is 9.53. The van der Waals surface area contributed by atoms with Gasteiger partial charge in [0.2, 0.25) is 5.75 Å². The number of hydrogen-bond acceptors (Lipinski definition) is 4. The minimum atomic E-state index is -0.318. The Morgan fingerprint density at radius 2 is 2.00 bits per heavy atom. The van der Waals surface area contributed by atoms with Crippen LogP contribution in [0.15, 0.2) is 35.1 Å². The molecule has 0 amide bonds. The molecule has 0 fully saturated rings. The number of aliphatic hydroxyl groups excluding tert-OH is 1. The Kier molecular flexibility index (Phi) is 3.97. The number of aliphatic hydroxyl groups is 1. The van der Waals surface area contributed by atoms with Crippen LogP contribution in [0.1, 0.15) is 17.1 Å². The van der Waals surface area contributed by atoms with Crippen molar-refractivity contribution in [2.45, 2.75) is 20.1 Å². The second-order valence-electron chi connectivity index (χ2n) is 4.23. The maximum Gasteiger partial charge on any atom is 0.296 e. The van der Waals surface area contributed by atoms with Crippen molar-refractivity contribution < 1.29 is 9.84 Å². The first-order valence-electron chi connectivity index (χ1n) is 5.97. The average Bonchev–Trinajstić information content (AvgIpc) is 2.44. The van der Waals surface area contributed by atoms with Gasteiger partial charge in [-0.2, -0.15) is 0 Å². The van der Waals surface area contributed by atoms with Crippen LogP contribution >= 0.6 is 0 Å². The first kappa shape index (κ1) is 13.3. The molecule has 100 valence electrons. The molecule has 0 radical (unpaired) electrons. The number of hydrogen-bond donors (Lipinski definition) is 1. The highest BCUT2D eigenvalue weighted by molar-refractivity contribution is 5.26. The minimum absolute atomic E-state index is 0.111. The topological polar surface area (TPSA) is 64.4 Å². The van der Waals surface area contributed by atoms with Gasteiger partial charge in [-0.05, 0) is 12.5 Å². The first-order valence-corrected chi connectivity index (χ1v) is 5.97. The Morgan fingerprint density at radius 3 is 2.63 bits per heavy atom. The second kappa shape index (κ2) is 5.67. The lowest BCUT2D eigenvalue weighted by atomic mass is 10.2. The maximum atomic E-state index is 12.1. The lowest BCUT2D eigenvalue weighted by Gasteiger charge is -2.12. The summed E-state index contributed by atoms with van der Waals surface area (Å²) in [7, 11) is 1.63. The average molecular weight is 260 g/mol. The van der Waals surface area contributed by atoms with E-state index in [4.69, 9.17) is 4.74 Å². The molecule has 0 spiro atoms. The molecule has 5 nitrogen and oxygen atoms in total. The zero-order valence-electron chi connectivity index (χ0n) is 11.0. The molecular weight excluding hydrogens is 244 g/mol. The van der Waals surface area contributed by atoms with Gasteiger partial charge in [-0.25, -0.2) is 4.98 Å². The molecule has 0 aliphatic rings. The van der Waals surface area contributed by atoms with Crippen LogP contribution in [0, 0.1) is 6.92 Å². The largest absolute Gasteiger partial charge is 0.482 e. The van der Waals surface area contributed by atoms with Crippen molar-refractivity contribution in [2.75, 3.05) is 0 Å². The van der Waals surface area contributed by atoms with E-state index in [1.165, 1.54) is 4.57 Å². The van der Waals surface area contributed by atoms with Crippen LogP contribution in [-0.2, 0) is 20.3 Å². The van der Waals surface area contributed by atoms with Gasteiger partial charge >= 0.3 is 0 Å². The summed E-state index contributed by atoms with van der Waals surface area (Å²) in [4.78, 5) is 16.2. The van der Waals surface area contributed by atoms with Crippen LogP contribution in [-0.4, -0.2) is 14.7 Å². The molecule has 0 atom stereocenters. The van der Waals surface area contributed by atoms with Gasteiger partial charge in [0.25, 0.3) is 5.56 Å². The zero-order valence-corrected chi connectivity index (χ0v) is 11.0. The third kappa shape index (κ3) is 2.82. The predicted octanol–water partition coefficient (Wildman–Crippen LogP) is 1.16. The van der Waals surface area contributed by atoms with Crippen LogP contribution in [0.3, 0.4) is 0 Å². The zero-order chi connectivity index (χ0) is 13.8. The number of rotatable bonds is 4. The molecule has 0 unspecified atom stereocenters. The molecule has 1 aromatic heterocycles. The van der Waals surface area contributed by atoms with E-state index in [9.17, 15) is 9.90 Å². The van der Waals surface area contributed by atoms with Crippen molar-refractivity contribution in [3.05, 3.63) is 57.8 Å². The van der Waals surface area contributed by atoms with E-state index in [1.54, 1.807) is 14.0 Å². The van der Waals surface area contributed by atoms with Crippen LogP contribution in [0.4, 0.5) is 0 Å². The molecule has 2 aromatic rings. The van der Waals surface area contributed by atoms with E-state index in [2.05, 4.69) is 4.98 Å². The standard InChI is InChI=1S/C14H16N2O3/c1-10-15-12(8-17)13(14(18)16(10)2)19-9-11-6-4-3-5-7-11/h3-7,17H,8-9H2,1-2H3.